The number of ether oxygens (including phenoxy) is 1. The molecule has 0 aliphatic heterocycles. The first kappa shape index (κ1) is 28.4. The zero-order valence-electron chi connectivity index (χ0n) is 23.0. The van der Waals surface area contributed by atoms with Gasteiger partial charge >= 0.3 is 5.97 Å². The van der Waals surface area contributed by atoms with Crippen LogP contribution in [-0.4, -0.2) is 25.6 Å². The molecule has 0 radical (unpaired) electrons. The molecular formula is C33H22F3N5O3. The Morgan fingerprint density at radius 1 is 0.955 bits per heavy atom. The fraction of sp³-hybridized carbons (Fsp3) is 0.182. The number of hydrogen-bond acceptors (Lipinski definition) is 6. The highest BCUT2D eigenvalue weighted by Crippen LogP contribution is 2.47. The second-order valence-corrected chi connectivity index (χ2v) is 10.7. The molecule has 1 fully saturated rings. The van der Waals surface area contributed by atoms with Crippen molar-refractivity contribution in [3.8, 4) is 29.3 Å². The van der Waals surface area contributed by atoms with Crippen molar-refractivity contribution in [3.63, 3.8) is 0 Å². The molecule has 0 saturated heterocycles. The zero-order chi connectivity index (χ0) is 31.0. The zero-order valence-corrected chi connectivity index (χ0v) is 23.0. The number of nitriles is 2. The summed E-state index contributed by atoms with van der Waals surface area (Å²) in [6, 6.07) is 19.9. The molecule has 0 amide bonds. The van der Waals surface area contributed by atoms with E-state index >= 15 is 4.39 Å². The first-order chi connectivity index (χ1) is 21.2. The molecule has 44 heavy (non-hydrogen) atoms. The lowest BCUT2D eigenvalue weighted by Gasteiger charge is -2.13. The molecule has 1 saturated carbocycles. The molecule has 0 unspecified atom stereocenters. The lowest BCUT2D eigenvalue weighted by molar-refractivity contribution is 0.0696. The van der Waals surface area contributed by atoms with Crippen LogP contribution >= 0.6 is 0 Å². The van der Waals surface area contributed by atoms with Gasteiger partial charge in [0.05, 0.1) is 39.9 Å². The minimum Gasteiger partial charge on any atom is -0.478 e. The Morgan fingerprint density at radius 2 is 1.73 bits per heavy atom. The lowest BCUT2D eigenvalue weighted by atomic mass is 10.0. The highest BCUT2D eigenvalue weighted by Gasteiger charge is 2.44. The third kappa shape index (κ3) is 5.55. The van der Waals surface area contributed by atoms with Crippen molar-refractivity contribution in [3.05, 3.63) is 112 Å². The molecule has 1 aliphatic carbocycles. The minimum absolute atomic E-state index is 0.0309. The van der Waals surface area contributed by atoms with E-state index in [1.165, 1.54) is 24.3 Å². The molecule has 3 aromatic carbocycles. The van der Waals surface area contributed by atoms with Gasteiger partial charge in [0.1, 0.15) is 29.6 Å². The van der Waals surface area contributed by atoms with Gasteiger partial charge in [-0.2, -0.15) is 10.5 Å². The largest absolute Gasteiger partial charge is 0.478 e. The maximum absolute atomic E-state index is 15.5. The number of fused-ring (bicyclic) bond motifs is 1. The van der Waals surface area contributed by atoms with E-state index in [0.717, 1.165) is 12.1 Å². The standard InChI is InChI=1S/C33H22F3N5O3/c34-24-10-19(15-37)4-5-22(24)16-44-30-3-1-2-27(39-30)21-7-6-20(25(35)11-21)14-29-40-31-26(36)12-23(32(42)43)13-28(31)41(29)18-33(17-38)8-9-33/h1-7,10-13H,8-9,14,16,18H2,(H,42,43). The van der Waals surface area contributed by atoms with E-state index in [0.29, 0.717) is 29.9 Å². The van der Waals surface area contributed by atoms with Crippen LogP contribution in [0.3, 0.4) is 0 Å². The number of nitrogens with zero attached hydrogens (tertiary/aromatic N) is 5. The predicted octanol–water partition coefficient (Wildman–Crippen LogP) is 6.56. The van der Waals surface area contributed by atoms with Crippen LogP contribution in [-0.2, 0) is 19.6 Å². The van der Waals surface area contributed by atoms with Gasteiger partial charge in [-0.1, -0.05) is 24.3 Å². The Morgan fingerprint density at radius 3 is 2.41 bits per heavy atom. The summed E-state index contributed by atoms with van der Waals surface area (Å²) in [5.41, 5.74) is 0.847. The van der Waals surface area contributed by atoms with Crippen LogP contribution < -0.4 is 4.74 Å². The number of hydrogen-bond donors (Lipinski definition) is 1. The molecule has 5 aromatic rings. The number of imidazole rings is 1. The van der Waals surface area contributed by atoms with Gasteiger partial charge in [-0.05, 0) is 54.8 Å². The minimum atomic E-state index is -1.30. The summed E-state index contributed by atoms with van der Waals surface area (Å²) in [5.74, 6) is -2.75. The van der Waals surface area contributed by atoms with Gasteiger partial charge in [0.15, 0.2) is 5.82 Å². The molecule has 8 nitrogen and oxygen atoms in total. The van der Waals surface area contributed by atoms with Crippen molar-refractivity contribution in [2.24, 2.45) is 5.41 Å². The van der Waals surface area contributed by atoms with Crippen LogP contribution in [0.15, 0.2) is 66.7 Å². The number of pyridine rings is 1. The Balaban J connectivity index is 1.26. The normalized spacial score (nSPS) is 13.3. The van der Waals surface area contributed by atoms with Crippen molar-refractivity contribution in [2.75, 3.05) is 0 Å². The van der Waals surface area contributed by atoms with Gasteiger partial charge < -0.3 is 14.4 Å². The van der Waals surface area contributed by atoms with E-state index in [2.05, 4.69) is 16.0 Å². The van der Waals surface area contributed by atoms with E-state index in [1.807, 2.05) is 6.07 Å². The molecule has 0 bridgehead atoms. The van der Waals surface area contributed by atoms with E-state index in [1.54, 1.807) is 34.9 Å². The van der Waals surface area contributed by atoms with Crippen molar-refractivity contribution in [1.82, 2.24) is 14.5 Å². The summed E-state index contributed by atoms with van der Waals surface area (Å²) in [4.78, 5) is 20.4. The Bertz CT molecular complexity index is 2040. The van der Waals surface area contributed by atoms with Gasteiger partial charge in [0.2, 0.25) is 5.88 Å². The second kappa shape index (κ2) is 11.2. The first-order valence-corrected chi connectivity index (χ1v) is 13.6. The highest BCUT2D eigenvalue weighted by molar-refractivity contribution is 5.92. The number of rotatable bonds is 9. The van der Waals surface area contributed by atoms with Crippen molar-refractivity contribution in [1.29, 1.82) is 10.5 Å². The molecule has 1 N–H and O–H groups in total. The average molecular weight is 594 g/mol. The van der Waals surface area contributed by atoms with Crippen LogP contribution in [0.1, 0.15) is 45.7 Å². The van der Waals surface area contributed by atoms with Crippen LogP contribution in [0, 0.1) is 45.5 Å². The van der Waals surface area contributed by atoms with E-state index in [-0.39, 0.29) is 58.7 Å². The van der Waals surface area contributed by atoms with Gasteiger partial charge in [0, 0.05) is 30.2 Å². The molecule has 11 heteroatoms. The number of carboxylic acid groups (broad SMARTS) is 1. The maximum Gasteiger partial charge on any atom is 0.335 e. The van der Waals surface area contributed by atoms with Crippen LogP contribution in [0.4, 0.5) is 13.2 Å². The third-order valence-corrected chi connectivity index (χ3v) is 7.66. The third-order valence-electron chi connectivity index (χ3n) is 7.66. The van der Waals surface area contributed by atoms with Crippen LogP contribution in [0.2, 0.25) is 0 Å². The monoisotopic (exact) mass is 593 g/mol. The number of benzene rings is 3. The molecular weight excluding hydrogens is 571 g/mol. The Labute approximate surface area is 249 Å². The number of carboxylic acids is 1. The first-order valence-electron chi connectivity index (χ1n) is 13.6. The smallest absolute Gasteiger partial charge is 0.335 e. The summed E-state index contributed by atoms with van der Waals surface area (Å²) in [5, 5.41) is 28.0. The van der Waals surface area contributed by atoms with Crippen LogP contribution in [0.5, 0.6) is 5.88 Å². The summed E-state index contributed by atoms with van der Waals surface area (Å²) >= 11 is 0. The molecule has 0 atom stereocenters. The fourth-order valence-corrected chi connectivity index (χ4v) is 4.99. The number of aromatic carboxylic acids is 1. The molecule has 1 aliphatic rings. The van der Waals surface area contributed by atoms with Crippen molar-refractivity contribution in [2.45, 2.75) is 32.4 Å². The molecule has 2 heterocycles. The van der Waals surface area contributed by atoms with Crippen LogP contribution in [0.25, 0.3) is 22.3 Å². The summed E-state index contributed by atoms with van der Waals surface area (Å²) in [6.45, 7) is 0.0601. The highest BCUT2D eigenvalue weighted by atomic mass is 19.1. The van der Waals surface area contributed by atoms with E-state index in [9.17, 15) is 23.9 Å². The summed E-state index contributed by atoms with van der Waals surface area (Å²) in [6.07, 6.45) is 1.26. The topological polar surface area (TPSA) is 125 Å². The van der Waals surface area contributed by atoms with Gasteiger partial charge in [-0.25, -0.2) is 27.9 Å². The molecule has 2 aromatic heterocycles. The fourth-order valence-electron chi connectivity index (χ4n) is 4.99. The van der Waals surface area contributed by atoms with Gasteiger partial charge in [-0.15, -0.1) is 0 Å². The van der Waals surface area contributed by atoms with Crippen molar-refractivity contribution < 1.29 is 27.8 Å². The average Bonchev–Trinajstić information content (AvgIpc) is 3.72. The summed E-state index contributed by atoms with van der Waals surface area (Å²) < 4.78 is 51.9. The lowest BCUT2D eigenvalue weighted by Crippen LogP contribution is -2.13. The quantitative estimate of drug-likeness (QED) is 0.205. The maximum atomic E-state index is 15.5. The Hall–Kier alpha value is -5.68. The second-order valence-electron chi connectivity index (χ2n) is 10.7. The van der Waals surface area contributed by atoms with Gasteiger partial charge in [-0.3, -0.25) is 0 Å². The molecule has 0 spiro atoms. The predicted molar refractivity (Wildman–Crippen MR) is 152 cm³/mol. The molecule has 6 rings (SSSR count). The number of carbonyl (C=O) groups is 1. The molecule has 218 valence electrons. The number of aromatic nitrogens is 3. The van der Waals surface area contributed by atoms with E-state index < -0.39 is 28.8 Å². The van der Waals surface area contributed by atoms with E-state index in [4.69, 9.17) is 10.00 Å². The van der Waals surface area contributed by atoms with Crippen molar-refractivity contribution >= 4 is 17.0 Å². The summed E-state index contributed by atoms with van der Waals surface area (Å²) in [7, 11) is 0. The van der Waals surface area contributed by atoms with Gasteiger partial charge in [0.25, 0.3) is 0 Å². The number of halogens is 3. The SMILES string of the molecule is N#Cc1ccc(COc2cccc(-c3ccc(Cc4nc5c(F)cc(C(=O)O)cc5n4CC4(C#N)CC4)c(F)c3)n2)c(F)c1. The Kier molecular flexibility index (Phi) is 7.23.